The number of nitrogens with zero attached hydrogens (tertiary/aromatic N) is 1. The Labute approximate surface area is 150 Å². The van der Waals surface area contributed by atoms with Crippen LogP contribution in [0.15, 0.2) is 48.5 Å². The monoisotopic (exact) mass is 340 g/mol. The Morgan fingerprint density at radius 2 is 1.80 bits per heavy atom. The normalized spacial score (nSPS) is 11.4. The van der Waals surface area contributed by atoms with E-state index in [1.807, 2.05) is 36.2 Å². The lowest BCUT2D eigenvalue weighted by atomic mass is 9.87. The first-order valence-corrected chi connectivity index (χ1v) is 8.50. The van der Waals surface area contributed by atoms with E-state index >= 15 is 0 Å². The van der Waals surface area contributed by atoms with Crippen molar-refractivity contribution in [2.45, 2.75) is 32.7 Å². The predicted octanol–water partition coefficient (Wildman–Crippen LogP) is 4.06. The molecule has 0 fully saturated rings. The number of benzene rings is 2. The van der Waals surface area contributed by atoms with Gasteiger partial charge in [-0.25, -0.2) is 0 Å². The Morgan fingerprint density at radius 3 is 2.40 bits per heavy atom. The van der Waals surface area contributed by atoms with Crippen LogP contribution in [0.4, 0.5) is 5.69 Å². The number of anilines is 1. The average molecular weight is 340 g/mol. The largest absolute Gasteiger partial charge is 0.497 e. The zero-order valence-electron chi connectivity index (χ0n) is 15.8. The molecule has 0 saturated heterocycles. The van der Waals surface area contributed by atoms with Gasteiger partial charge in [-0.3, -0.25) is 9.69 Å². The molecule has 134 valence electrons. The molecule has 25 heavy (non-hydrogen) atoms. The SMILES string of the molecule is COc1cccc(NC(=O)CN(C)Cc2ccc(C(C)(C)C)cc2)c1. The van der Waals surface area contributed by atoms with Gasteiger partial charge >= 0.3 is 0 Å². The number of methoxy groups -OCH3 is 1. The van der Waals surface area contributed by atoms with Crippen molar-refractivity contribution in [2.24, 2.45) is 0 Å². The maximum absolute atomic E-state index is 12.2. The van der Waals surface area contributed by atoms with Crippen LogP contribution in [0.3, 0.4) is 0 Å². The van der Waals surface area contributed by atoms with Gasteiger partial charge in [0, 0.05) is 18.3 Å². The molecule has 0 aliphatic rings. The van der Waals surface area contributed by atoms with Gasteiger partial charge in [0.15, 0.2) is 0 Å². The lowest BCUT2D eigenvalue weighted by Gasteiger charge is -2.20. The zero-order chi connectivity index (χ0) is 18.4. The molecule has 0 radical (unpaired) electrons. The second-order valence-corrected chi connectivity index (χ2v) is 7.40. The van der Waals surface area contributed by atoms with Gasteiger partial charge in [0.2, 0.25) is 5.91 Å². The van der Waals surface area contributed by atoms with Crippen LogP contribution in [0.5, 0.6) is 5.75 Å². The zero-order valence-corrected chi connectivity index (χ0v) is 15.8. The van der Waals surface area contributed by atoms with Crippen LogP contribution in [0.25, 0.3) is 0 Å². The highest BCUT2D eigenvalue weighted by Crippen LogP contribution is 2.22. The second kappa shape index (κ2) is 8.17. The van der Waals surface area contributed by atoms with Crippen molar-refractivity contribution in [3.8, 4) is 5.75 Å². The first-order chi connectivity index (χ1) is 11.8. The van der Waals surface area contributed by atoms with E-state index in [4.69, 9.17) is 4.74 Å². The molecule has 0 atom stereocenters. The molecule has 2 aromatic carbocycles. The Morgan fingerprint density at radius 1 is 1.12 bits per heavy atom. The van der Waals surface area contributed by atoms with E-state index in [2.05, 4.69) is 50.4 Å². The van der Waals surface area contributed by atoms with Crippen LogP contribution in [-0.4, -0.2) is 31.5 Å². The Kier molecular flexibility index (Phi) is 6.21. The van der Waals surface area contributed by atoms with Gasteiger partial charge in [-0.15, -0.1) is 0 Å². The number of nitrogens with one attached hydrogen (secondary N) is 1. The van der Waals surface area contributed by atoms with Gasteiger partial charge in [0.25, 0.3) is 0 Å². The molecule has 2 rings (SSSR count). The number of hydrogen-bond acceptors (Lipinski definition) is 3. The molecule has 0 spiro atoms. The summed E-state index contributed by atoms with van der Waals surface area (Å²) in [5, 5.41) is 2.90. The lowest BCUT2D eigenvalue weighted by Crippen LogP contribution is -2.29. The topological polar surface area (TPSA) is 41.6 Å². The highest BCUT2D eigenvalue weighted by Gasteiger charge is 2.13. The highest BCUT2D eigenvalue weighted by atomic mass is 16.5. The van der Waals surface area contributed by atoms with Gasteiger partial charge in [0.05, 0.1) is 13.7 Å². The van der Waals surface area contributed by atoms with Crippen LogP contribution in [0.1, 0.15) is 31.9 Å². The molecule has 2 aromatic rings. The van der Waals surface area contributed by atoms with Crippen molar-refractivity contribution in [3.05, 3.63) is 59.7 Å². The molecular weight excluding hydrogens is 312 g/mol. The number of carbonyl (C=O) groups is 1. The Balaban J connectivity index is 1.88. The Bertz CT molecular complexity index is 703. The van der Waals surface area contributed by atoms with Crippen molar-refractivity contribution in [3.63, 3.8) is 0 Å². The summed E-state index contributed by atoms with van der Waals surface area (Å²) in [5.74, 6) is 0.687. The number of likely N-dealkylation sites (N-methyl/N-ethyl adjacent to an activating group) is 1. The second-order valence-electron chi connectivity index (χ2n) is 7.40. The smallest absolute Gasteiger partial charge is 0.238 e. The third-order valence-electron chi connectivity index (χ3n) is 4.04. The molecule has 4 heteroatoms. The minimum Gasteiger partial charge on any atom is -0.497 e. The maximum atomic E-state index is 12.2. The molecule has 0 aromatic heterocycles. The number of carbonyl (C=O) groups excluding carboxylic acids is 1. The van der Waals surface area contributed by atoms with Crippen molar-refractivity contribution < 1.29 is 9.53 Å². The van der Waals surface area contributed by atoms with Gasteiger partial charge in [-0.2, -0.15) is 0 Å². The van der Waals surface area contributed by atoms with Gasteiger partial charge in [0.1, 0.15) is 5.75 Å². The number of ether oxygens (including phenoxy) is 1. The van der Waals surface area contributed by atoms with Crippen LogP contribution in [0, 0.1) is 0 Å². The molecule has 0 heterocycles. The molecule has 0 unspecified atom stereocenters. The van der Waals surface area contributed by atoms with Crippen LogP contribution < -0.4 is 10.1 Å². The van der Waals surface area contributed by atoms with E-state index in [9.17, 15) is 4.79 Å². The standard InChI is InChI=1S/C21H28N2O2/c1-21(2,3)17-11-9-16(10-12-17)14-23(4)15-20(24)22-18-7-6-8-19(13-18)25-5/h6-13H,14-15H2,1-5H3,(H,22,24). The fraction of sp³-hybridized carbons (Fsp3) is 0.381. The van der Waals surface area contributed by atoms with E-state index < -0.39 is 0 Å². The summed E-state index contributed by atoms with van der Waals surface area (Å²) in [4.78, 5) is 14.2. The van der Waals surface area contributed by atoms with Gasteiger partial charge < -0.3 is 10.1 Å². The third kappa shape index (κ3) is 5.91. The summed E-state index contributed by atoms with van der Waals surface area (Å²) in [6, 6.07) is 16.0. The summed E-state index contributed by atoms with van der Waals surface area (Å²) in [6.07, 6.45) is 0. The summed E-state index contributed by atoms with van der Waals surface area (Å²) >= 11 is 0. The predicted molar refractivity (Wildman–Crippen MR) is 103 cm³/mol. The molecule has 1 amide bonds. The lowest BCUT2D eigenvalue weighted by molar-refractivity contribution is -0.117. The summed E-state index contributed by atoms with van der Waals surface area (Å²) in [6.45, 7) is 7.68. The van der Waals surface area contributed by atoms with Crippen molar-refractivity contribution >= 4 is 11.6 Å². The van der Waals surface area contributed by atoms with Crippen LogP contribution >= 0.6 is 0 Å². The fourth-order valence-corrected chi connectivity index (χ4v) is 2.62. The maximum Gasteiger partial charge on any atom is 0.238 e. The molecule has 0 saturated carbocycles. The minimum absolute atomic E-state index is 0.0398. The van der Waals surface area contributed by atoms with E-state index in [0.29, 0.717) is 6.54 Å². The molecule has 4 nitrogen and oxygen atoms in total. The third-order valence-corrected chi connectivity index (χ3v) is 4.04. The molecule has 0 bridgehead atoms. The van der Waals surface area contributed by atoms with E-state index in [0.717, 1.165) is 18.0 Å². The summed E-state index contributed by atoms with van der Waals surface area (Å²) < 4.78 is 5.17. The summed E-state index contributed by atoms with van der Waals surface area (Å²) in [5.41, 5.74) is 3.41. The van der Waals surface area contributed by atoms with Crippen LogP contribution in [-0.2, 0) is 16.8 Å². The first kappa shape index (κ1) is 19.0. The molecule has 1 N–H and O–H groups in total. The highest BCUT2D eigenvalue weighted by molar-refractivity contribution is 5.92. The van der Waals surface area contributed by atoms with E-state index in [-0.39, 0.29) is 11.3 Å². The number of rotatable bonds is 6. The van der Waals surface area contributed by atoms with Crippen molar-refractivity contribution in [1.29, 1.82) is 0 Å². The summed E-state index contributed by atoms with van der Waals surface area (Å²) in [7, 11) is 3.56. The molecule has 0 aliphatic heterocycles. The molecule has 0 aliphatic carbocycles. The first-order valence-electron chi connectivity index (χ1n) is 8.50. The van der Waals surface area contributed by atoms with Crippen molar-refractivity contribution in [2.75, 3.05) is 26.0 Å². The van der Waals surface area contributed by atoms with Gasteiger partial charge in [-0.1, -0.05) is 51.1 Å². The van der Waals surface area contributed by atoms with Crippen molar-refractivity contribution in [1.82, 2.24) is 4.90 Å². The van der Waals surface area contributed by atoms with E-state index in [1.165, 1.54) is 11.1 Å². The average Bonchev–Trinajstić information content (AvgIpc) is 2.54. The van der Waals surface area contributed by atoms with E-state index in [1.54, 1.807) is 7.11 Å². The number of hydrogen-bond donors (Lipinski definition) is 1. The van der Waals surface area contributed by atoms with Crippen LogP contribution in [0.2, 0.25) is 0 Å². The fourth-order valence-electron chi connectivity index (χ4n) is 2.62. The quantitative estimate of drug-likeness (QED) is 0.862. The Hall–Kier alpha value is -2.33. The van der Waals surface area contributed by atoms with Gasteiger partial charge in [-0.05, 0) is 35.7 Å². The molecular formula is C21H28N2O2. The minimum atomic E-state index is -0.0398. The number of amides is 1.